The molecule has 0 spiro atoms. The number of hydrogen-bond donors (Lipinski definition) is 2. The molecule has 0 unspecified atom stereocenters. The Hall–Kier alpha value is -2.81. The minimum atomic E-state index is -0.819. The lowest BCUT2D eigenvalue weighted by molar-refractivity contribution is -0.145. The van der Waals surface area contributed by atoms with E-state index in [2.05, 4.69) is 29.6 Å². The molecule has 0 saturated carbocycles. The molecule has 0 radical (unpaired) electrons. The van der Waals surface area contributed by atoms with Crippen LogP contribution in [0.15, 0.2) is 36.0 Å². The van der Waals surface area contributed by atoms with E-state index in [9.17, 15) is 14.9 Å². The summed E-state index contributed by atoms with van der Waals surface area (Å²) in [5.41, 5.74) is 2.45. The van der Waals surface area contributed by atoms with Gasteiger partial charge in [0, 0.05) is 25.8 Å². The van der Waals surface area contributed by atoms with Crippen LogP contribution in [0.4, 0.5) is 0 Å². The number of carboxylic acids is 1. The van der Waals surface area contributed by atoms with Gasteiger partial charge in [0.15, 0.2) is 0 Å². The van der Waals surface area contributed by atoms with Crippen LogP contribution < -0.4 is 5.32 Å². The number of likely N-dealkylation sites (tertiary alicyclic amines) is 1. The molecule has 1 aromatic rings. The number of hydrogen-bond acceptors (Lipinski definition) is 4. The van der Waals surface area contributed by atoms with Crippen molar-refractivity contribution in [3.05, 3.63) is 47.2 Å². The van der Waals surface area contributed by atoms with E-state index in [-0.39, 0.29) is 11.5 Å². The molecule has 0 aliphatic carbocycles. The Morgan fingerprint density at radius 1 is 1.32 bits per heavy atom. The fraction of sp³-hybridized carbons (Fsp3) is 0.421. The van der Waals surface area contributed by atoms with Crippen LogP contribution in [-0.2, 0) is 16.0 Å². The normalized spacial score (nSPS) is 15.5. The molecular weight excluding hydrogens is 318 g/mol. The lowest BCUT2D eigenvalue weighted by Crippen LogP contribution is -2.41. The summed E-state index contributed by atoms with van der Waals surface area (Å²) in [6.45, 7) is 3.41. The van der Waals surface area contributed by atoms with Gasteiger partial charge < -0.3 is 15.3 Å². The van der Waals surface area contributed by atoms with Crippen LogP contribution in [0.3, 0.4) is 0 Å². The van der Waals surface area contributed by atoms with Gasteiger partial charge in [-0.1, -0.05) is 29.8 Å². The number of aryl methyl sites for hydroxylation is 1. The van der Waals surface area contributed by atoms with Gasteiger partial charge in [-0.15, -0.1) is 0 Å². The van der Waals surface area contributed by atoms with Gasteiger partial charge in [-0.3, -0.25) is 9.59 Å². The van der Waals surface area contributed by atoms with Crippen molar-refractivity contribution in [1.29, 1.82) is 5.26 Å². The molecule has 0 bridgehead atoms. The van der Waals surface area contributed by atoms with E-state index in [1.54, 1.807) is 4.90 Å². The van der Waals surface area contributed by atoms with E-state index in [1.807, 2.05) is 13.0 Å². The number of carbonyl (C=O) groups excluding carboxylic acids is 1. The molecule has 2 rings (SSSR count). The largest absolute Gasteiger partial charge is 0.481 e. The van der Waals surface area contributed by atoms with Crippen molar-refractivity contribution in [2.45, 2.75) is 26.2 Å². The number of rotatable bonds is 6. The van der Waals surface area contributed by atoms with Crippen molar-refractivity contribution in [3.8, 4) is 6.07 Å². The third kappa shape index (κ3) is 5.35. The summed E-state index contributed by atoms with van der Waals surface area (Å²) in [6.07, 6.45) is 3.12. The number of nitrogens with one attached hydrogen (secondary N) is 1. The van der Waals surface area contributed by atoms with Crippen LogP contribution in [0.1, 0.15) is 24.0 Å². The van der Waals surface area contributed by atoms with E-state index in [1.165, 1.54) is 17.3 Å². The molecule has 0 atom stereocenters. The number of carbonyl (C=O) groups is 2. The quantitative estimate of drug-likeness (QED) is 0.468. The zero-order valence-electron chi connectivity index (χ0n) is 14.4. The number of piperidine rings is 1. The zero-order valence-corrected chi connectivity index (χ0v) is 14.4. The average molecular weight is 341 g/mol. The summed E-state index contributed by atoms with van der Waals surface area (Å²) >= 11 is 0. The molecule has 1 aliphatic heterocycles. The predicted molar refractivity (Wildman–Crippen MR) is 93.5 cm³/mol. The maximum atomic E-state index is 12.4. The highest BCUT2D eigenvalue weighted by Gasteiger charge is 2.28. The Morgan fingerprint density at radius 2 is 1.96 bits per heavy atom. The number of carboxylic acid groups (broad SMARTS) is 1. The first-order valence-corrected chi connectivity index (χ1v) is 8.42. The molecule has 132 valence electrons. The molecule has 1 heterocycles. The van der Waals surface area contributed by atoms with Crippen LogP contribution in [0, 0.1) is 24.2 Å². The van der Waals surface area contributed by atoms with Gasteiger partial charge in [-0.05, 0) is 31.7 Å². The summed E-state index contributed by atoms with van der Waals surface area (Å²) < 4.78 is 0. The highest BCUT2D eigenvalue weighted by atomic mass is 16.4. The molecule has 1 aliphatic rings. The predicted octanol–water partition coefficient (Wildman–Crippen LogP) is 1.86. The van der Waals surface area contributed by atoms with Crippen LogP contribution in [0.25, 0.3) is 0 Å². The Balaban J connectivity index is 1.83. The molecule has 2 N–H and O–H groups in total. The lowest BCUT2D eigenvalue weighted by atomic mass is 9.97. The first-order chi connectivity index (χ1) is 12.0. The molecule has 6 heteroatoms. The van der Waals surface area contributed by atoms with Crippen LogP contribution in [0.2, 0.25) is 0 Å². The van der Waals surface area contributed by atoms with Gasteiger partial charge in [-0.25, -0.2) is 0 Å². The van der Waals surface area contributed by atoms with Gasteiger partial charge >= 0.3 is 5.97 Å². The summed E-state index contributed by atoms with van der Waals surface area (Å²) in [4.78, 5) is 24.9. The fourth-order valence-electron chi connectivity index (χ4n) is 2.79. The van der Waals surface area contributed by atoms with Gasteiger partial charge in [0.2, 0.25) is 0 Å². The van der Waals surface area contributed by atoms with Gasteiger partial charge in [0.05, 0.1) is 5.92 Å². The monoisotopic (exact) mass is 341 g/mol. The van der Waals surface area contributed by atoms with Crippen LogP contribution in [-0.4, -0.2) is 41.5 Å². The lowest BCUT2D eigenvalue weighted by Gasteiger charge is -2.29. The minimum Gasteiger partial charge on any atom is -0.481 e. The van der Waals surface area contributed by atoms with Crippen molar-refractivity contribution in [2.75, 3.05) is 19.6 Å². The second-order valence-electron chi connectivity index (χ2n) is 6.26. The van der Waals surface area contributed by atoms with Crippen molar-refractivity contribution in [1.82, 2.24) is 10.2 Å². The van der Waals surface area contributed by atoms with Crippen LogP contribution >= 0.6 is 0 Å². The van der Waals surface area contributed by atoms with E-state index < -0.39 is 11.9 Å². The number of amides is 1. The molecule has 1 aromatic carbocycles. The molecule has 25 heavy (non-hydrogen) atoms. The number of aliphatic carboxylic acids is 1. The maximum Gasteiger partial charge on any atom is 0.306 e. The molecule has 6 nitrogen and oxygen atoms in total. The van der Waals surface area contributed by atoms with Crippen molar-refractivity contribution < 1.29 is 14.7 Å². The Labute approximate surface area is 147 Å². The van der Waals surface area contributed by atoms with Crippen molar-refractivity contribution in [2.24, 2.45) is 5.92 Å². The Morgan fingerprint density at radius 3 is 2.52 bits per heavy atom. The number of nitriles is 1. The first-order valence-electron chi connectivity index (χ1n) is 8.42. The smallest absolute Gasteiger partial charge is 0.306 e. The van der Waals surface area contributed by atoms with E-state index in [0.717, 1.165) is 6.42 Å². The molecular formula is C19H23N3O3. The fourth-order valence-corrected chi connectivity index (χ4v) is 2.79. The molecule has 1 fully saturated rings. The average Bonchev–Trinajstić information content (AvgIpc) is 2.63. The van der Waals surface area contributed by atoms with Gasteiger partial charge in [0.25, 0.3) is 5.91 Å². The Bertz CT molecular complexity index is 681. The number of nitrogens with zero attached hydrogens (tertiary/aromatic N) is 2. The highest BCUT2D eigenvalue weighted by molar-refractivity contribution is 5.97. The summed E-state index contributed by atoms with van der Waals surface area (Å²) in [6, 6.07) is 10.2. The SMILES string of the molecule is Cc1ccc(CCN/C=C(/C#N)C(=O)N2CCC(C(=O)O)CC2)cc1. The third-order valence-electron chi connectivity index (χ3n) is 4.41. The standard InChI is InChI=1S/C19H23N3O3/c1-14-2-4-15(5-3-14)6-9-21-13-17(12-20)18(23)22-10-7-16(8-11-22)19(24)25/h2-5,13,16,21H,6-11H2,1H3,(H,24,25)/b17-13-. The third-order valence-corrected chi connectivity index (χ3v) is 4.41. The summed E-state index contributed by atoms with van der Waals surface area (Å²) in [7, 11) is 0. The Kier molecular flexibility index (Phi) is 6.58. The van der Waals surface area contributed by atoms with Crippen molar-refractivity contribution in [3.63, 3.8) is 0 Å². The van der Waals surface area contributed by atoms with E-state index in [0.29, 0.717) is 32.5 Å². The maximum absolute atomic E-state index is 12.4. The van der Waals surface area contributed by atoms with Crippen LogP contribution in [0.5, 0.6) is 0 Å². The van der Waals surface area contributed by atoms with E-state index >= 15 is 0 Å². The first kappa shape index (κ1) is 18.5. The van der Waals surface area contributed by atoms with E-state index in [4.69, 9.17) is 5.11 Å². The topological polar surface area (TPSA) is 93.4 Å². The second-order valence-corrected chi connectivity index (χ2v) is 6.26. The second kappa shape index (κ2) is 8.88. The van der Waals surface area contributed by atoms with Gasteiger partial charge in [-0.2, -0.15) is 5.26 Å². The molecule has 0 aromatic heterocycles. The molecule has 1 saturated heterocycles. The number of benzene rings is 1. The summed E-state index contributed by atoms with van der Waals surface area (Å²) in [5.74, 6) is -1.55. The zero-order chi connectivity index (χ0) is 18.2. The highest BCUT2D eigenvalue weighted by Crippen LogP contribution is 2.18. The van der Waals surface area contributed by atoms with Gasteiger partial charge in [0.1, 0.15) is 11.6 Å². The summed E-state index contributed by atoms with van der Waals surface area (Å²) in [5, 5.41) is 21.2. The molecule has 1 amide bonds. The minimum absolute atomic E-state index is 0.0534. The van der Waals surface area contributed by atoms with Crippen molar-refractivity contribution >= 4 is 11.9 Å².